The van der Waals surface area contributed by atoms with Crippen LogP contribution in [0.4, 0.5) is 4.79 Å². The highest BCUT2D eigenvalue weighted by Crippen LogP contribution is 2.27. The van der Waals surface area contributed by atoms with E-state index in [1.807, 2.05) is 52.5 Å². The lowest BCUT2D eigenvalue weighted by molar-refractivity contribution is 0.0403. The van der Waals surface area contributed by atoms with Gasteiger partial charge in [0.15, 0.2) is 0 Å². The van der Waals surface area contributed by atoms with Crippen molar-refractivity contribution in [2.24, 2.45) is 0 Å². The van der Waals surface area contributed by atoms with Gasteiger partial charge in [0.1, 0.15) is 5.60 Å². The third kappa shape index (κ3) is 5.21. The minimum absolute atomic E-state index is 0.00326. The molecule has 1 aliphatic rings. The highest BCUT2D eigenvalue weighted by molar-refractivity contribution is 7.14. The van der Waals surface area contributed by atoms with Crippen LogP contribution in [0.5, 0.6) is 0 Å². The smallest absolute Gasteiger partial charge is 0.407 e. The number of alkyl carbamates (subject to hydrolysis) is 1. The quantitative estimate of drug-likeness (QED) is 0.869. The molecule has 2 atom stereocenters. The molecule has 1 saturated heterocycles. The second kappa shape index (κ2) is 7.77. The molecule has 1 aromatic rings. The normalized spacial score (nSPS) is 19.4. The van der Waals surface area contributed by atoms with Crippen LogP contribution in [0.15, 0.2) is 6.07 Å². The Labute approximate surface area is 154 Å². The molecule has 5 nitrogen and oxygen atoms in total. The van der Waals surface area contributed by atoms with Crippen LogP contribution in [-0.2, 0) is 4.74 Å². The topological polar surface area (TPSA) is 58.6 Å². The lowest BCUT2D eigenvalue weighted by Gasteiger charge is -2.39. The van der Waals surface area contributed by atoms with Gasteiger partial charge in [-0.3, -0.25) is 4.79 Å². The van der Waals surface area contributed by atoms with Crippen molar-refractivity contribution in [2.45, 2.75) is 78.5 Å². The number of hydrogen-bond donors (Lipinski definition) is 1. The summed E-state index contributed by atoms with van der Waals surface area (Å²) < 4.78 is 5.35. The minimum Gasteiger partial charge on any atom is -0.444 e. The fourth-order valence-electron chi connectivity index (χ4n) is 3.14. The second-order valence-electron chi connectivity index (χ2n) is 7.85. The van der Waals surface area contributed by atoms with Crippen molar-refractivity contribution in [1.82, 2.24) is 10.2 Å². The number of aryl methyl sites for hydroxylation is 2. The number of piperidine rings is 1. The summed E-state index contributed by atoms with van der Waals surface area (Å²) in [6, 6.07) is 1.82. The van der Waals surface area contributed by atoms with Crippen molar-refractivity contribution in [3.05, 3.63) is 21.4 Å². The van der Waals surface area contributed by atoms with Crippen LogP contribution in [0.2, 0.25) is 0 Å². The average Bonchev–Trinajstić information content (AvgIpc) is 2.84. The summed E-state index contributed by atoms with van der Waals surface area (Å²) >= 11 is 1.55. The Hall–Kier alpha value is -1.56. The molecule has 25 heavy (non-hydrogen) atoms. The van der Waals surface area contributed by atoms with E-state index < -0.39 is 11.7 Å². The van der Waals surface area contributed by atoms with Gasteiger partial charge in [0.2, 0.25) is 0 Å². The van der Waals surface area contributed by atoms with Crippen molar-refractivity contribution >= 4 is 23.3 Å². The SMILES string of the molecule is Cc1cc(C(=O)N2CCCC[C@@H]2[C@H](C)NC(=O)OC(C)(C)C)sc1C. The highest BCUT2D eigenvalue weighted by Gasteiger charge is 2.33. The minimum atomic E-state index is -0.530. The van der Waals surface area contributed by atoms with Gasteiger partial charge in [-0.25, -0.2) is 4.79 Å². The summed E-state index contributed by atoms with van der Waals surface area (Å²) in [7, 11) is 0. The van der Waals surface area contributed by atoms with E-state index >= 15 is 0 Å². The maximum Gasteiger partial charge on any atom is 0.407 e. The first kappa shape index (κ1) is 19.8. The molecule has 2 amide bonds. The van der Waals surface area contributed by atoms with Gasteiger partial charge in [0.05, 0.1) is 10.9 Å². The van der Waals surface area contributed by atoms with E-state index in [0.717, 1.165) is 36.2 Å². The first-order valence-corrected chi connectivity index (χ1v) is 9.77. The van der Waals surface area contributed by atoms with E-state index in [0.29, 0.717) is 0 Å². The number of amides is 2. The third-order valence-corrected chi connectivity index (χ3v) is 5.65. The van der Waals surface area contributed by atoms with Gasteiger partial charge < -0.3 is 15.0 Å². The number of likely N-dealkylation sites (tertiary alicyclic amines) is 1. The number of carbonyl (C=O) groups is 2. The summed E-state index contributed by atoms with van der Waals surface area (Å²) in [5.41, 5.74) is 0.625. The zero-order chi connectivity index (χ0) is 18.8. The van der Waals surface area contributed by atoms with Crippen molar-refractivity contribution in [1.29, 1.82) is 0 Å². The predicted octanol–water partition coefficient (Wildman–Crippen LogP) is 4.27. The van der Waals surface area contributed by atoms with E-state index in [2.05, 4.69) is 5.32 Å². The van der Waals surface area contributed by atoms with E-state index in [-0.39, 0.29) is 18.0 Å². The van der Waals surface area contributed by atoms with Gasteiger partial charge in [-0.2, -0.15) is 0 Å². The molecule has 0 saturated carbocycles. The van der Waals surface area contributed by atoms with Gasteiger partial charge in [0, 0.05) is 17.5 Å². The molecule has 140 valence electrons. The Bertz CT molecular complexity index is 614. The van der Waals surface area contributed by atoms with E-state index in [9.17, 15) is 9.59 Å². The Morgan fingerprint density at radius 2 is 2.00 bits per heavy atom. The van der Waals surface area contributed by atoms with Crippen molar-refractivity contribution < 1.29 is 14.3 Å². The lowest BCUT2D eigenvalue weighted by Crippen LogP contribution is -2.54. The Morgan fingerprint density at radius 1 is 1.32 bits per heavy atom. The van der Waals surface area contributed by atoms with Crippen LogP contribution >= 0.6 is 11.3 Å². The number of hydrogen-bond acceptors (Lipinski definition) is 4. The maximum atomic E-state index is 13.0. The summed E-state index contributed by atoms with van der Waals surface area (Å²) in [5.74, 6) is 0.0729. The first-order valence-electron chi connectivity index (χ1n) is 8.96. The van der Waals surface area contributed by atoms with Gasteiger partial charge in [-0.15, -0.1) is 11.3 Å². The summed E-state index contributed by atoms with van der Waals surface area (Å²) in [6.07, 6.45) is 2.54. The predicted molar refractivity (Wildman–Crippen MR) is 101 cm³/mol. The monoisotopic (exact) mass is 366 g/mol. The number of carbonyl (C=O) groups excluding carboxylic acids is 2. The van der Waals surface area contributed by atoms with E-state index in [1.165, 1.54) is 4.88 Å². The molecule has 0 spiro atoms. The van der Waals surface area contributed by atoms with Crippen molar-refractivity contribution in [3.63, 3.8) is 0 Å². The molecule has 1 fully saturated rings. The van der Waals surface area contributed by atoms with Crippen LogP contribution in [0.1, 0.15) is 67.1 Å². The molecule has 1 aliphatic heterocycles. The average molecular weight is 367 g/mol. The Balaban J connectivity index is 2.09. The van der Waals surface area contributed by atoms with Crippen LogP contribution in [0, 0.1) is 13.8 Å². The van der Waals surface area contributed by atoms with Gasteiger partial charge in [0.25, 0.3) is 5.91 Å². The fraction of sp³-hybridized carbons (Fsp3) is 0.684. The zero-order valence-corrected chi connectivity index (χ0v) is 17.0. The van der Waals surface area contributed by atoms with E-state index in [4.69, 9.17) is 4.74 Å². The van der Waals surface area contributed by atoms with Crippen LogP contribution < -0.4 is 5.32 Å². The largest absolute Gasteiger partial charge is 0.444 e. The number of nitrogens with zero attached hydrogens (tertiary/aromatic N) is 1. The Morgan fingerprint density at radius 3 is 2.56 bits per heavy atom. The first-order chi connectivity index (χ1) is 11.6. The molecule has 1 N–H and O–H groups in total. The molecular formula is C19H30N2O3S. The molecule has 6 heteroatoms. The number of thiophene rings is 1. The number of rotatable bonds is 3. The van der Waals surface area contributed by atoms with Crippen molar-refractivity contribution in [3.8, 4) is 0 Å². The van der Waals surface area contributed by atoms with Crippen LogP contribution in [-0.4, -0.2) is 41.1 Å². The molecule has 0 bridgehead atoms. The molecule has 0 unspecified atom stereocenters. The molecule has 2 heterocycles. The summed E-state index contributed by atoms with van der Waals surface area (Å²) in [4.78, 5) is 28.9. The zero-order valence-electron chi connectivity index (χ0n) is 16.1. The third-order valence-electron chi connectivity index (χ3n) is 4.51. The van der Waals surface area contributed by atoms with Crippen molar-refractivity contribution in [2.75, 3.05) is 6.54 Å². The van der Waals surface area contributed by atoms with E-state index in [1.54, 1.807) is 11.3 Å². The highest BCUT2D eigenvalue weighted by atomic mass is 32.1. The summed E-state index contributed by atoms with van der Waals surface area (Å²) in [5, 5.41) is 2.91. The summed E-state index contributed by atoms with van der Waals surface area (Å²) in [6.45, 7) is 12.3. The molecule has 0 aromatic carbocycles. The van der Waals surface area contributed by atoms with Gasteiger partial charge in [-0.05, 0) is 72.4 Å². The fourth-order valence-corrected chi connectivity index (χ4v) is 4.13. The molecule has 0 radical (unpaired) electrons. The lowest BCUT2D eigenvalue weighted by atomic mass is 9.96. The number of nitrogens with one attached hydrogen (secondary N) is 1. The Kier molecular flexibility index (Phi) is 6.14. The second-order valence-corrected chi connectivity index (χ2v) is 9.10. The van der Waals surface area contributed by atoms with Crippen LogP contribution in [0.25, 0.3) is 0 Å². The maximum absolute atomic E-state index is 13.0. The standard InChI is InChI=1S/C19H30N2O3S/c1-12-11-16(25-14(12)3)17(22)21-10-8-7-9-15(21)13(2)20-18(23)24-19(4,5)6/h11,13,15H,7-10H2,1-6H3,(H,20,23)/t13-,15+/m0/s1. The number of ether oxygens (including phenoxy) is 1. The molecule has 0 aliphatic carbocycles. The molecule has 1 aromatic heterocycles. The van der Waals surface area contributed by atoms with Gasteiger partial charge >= 0.3 is 6.09 Å². The van der Waals surface area contributed by atoms with Gasteiger partial charge in [-0.1, -0.05) is 0 Å². The molecular weight excluding hydrogens is 336 g/mol. The van der Waals surface area contributed by atoms with Crippen LogP contribution in [0.3, 0.4) is 0 Å². The molecule has 2 rings (SSSR count).